The van der Waals surface area contributed by atoms with Crippen LogP contribution in [-0.2, 0) is 11.3 Å². The molecule has 0 bridgehead atoms. The molecule has 0 aliphatic heterocycles. The molecule has 124 valence electrons. The quantitative estimate of drug-likeness (QED) is 0.694. The molecular formula is C17H16BrN3O3. The number of carbonyl (C=O) groups is 1. The average Bonchev–Trinajstić information content (AvgIpc) is 3.20. The van der Waals surface area contributed by atoms with Gasteiger partial charge in [-0.15, -0.1) is 0 Å². The molecule has 1 aromatic carbocycles. The van der Waals surface area contributed by atoms with E-state index in [2.05, 4.69) is 26.4 Å². The van der Waals surface area contributed by atoms with Gasteiger partial charge >= 0.3 is 0 Å². The molecule has 0 spiro atoms. The van der Waals surface area contributed by atoms with Crippen LogP contribution in [0, 0.1) is 0 Å². The molecule has 24 heavy (non-hydrogen) atoms. The van der Waals surface area contributed by atoms with Crippen LogP contribution in [0.25, 0.3) is 11.5 Å². The number of benzene rings is 1. The largest absolute Gasteiger partial charge is 0.461 e. The molecule has 0 saturated heterocycles. The maximum atomic E-state index is 12.1. The van der Waals surface area contributed by atoms with Crippen LogP contribution in [0.1, 0.15) is 5.69 Å². The number of rotatable bonds is 6. The SMILES string of the molecule is CN(CC(=O)Nc1ccccc1Br)Cc1cc(-c2ccco2)on1. The van der Waals surface area contributed by atoms with Crippen LogP contribution in [0.5, 0.6) is 0 Å². The number of hydrogen-bond acceptors (Lipinski definition) is 5. The third-order valence-corrected chi connectivity index (χ3v) is 4.01. The van der Waals surface area contributed by atoms with Crippen molar-refractivity contribution < 1.29 is 13.7 Å². The Kier molecular flexibility index (Phi) is 5.12. The fourth-order valence-electron chi connectivity index (χ4n) is 2.25. The van der Waals surface area contributed by atoms with Gasteiger partial charge in [0, 0.05) is 17.1 Å². The predicted molar refractivity (Wildman–Crippen MR) is 93.3 cm³/mol. The average molecular weight is 390 g/mol. The van der Waals surface area contributed by atoms with Gasteiger partial charge in [-0.3, -0.25) is 9.69 Å². The van der Waals surface area contributed by atoms with Crippen molar-refractivity contribution in [2.45, 2.75) is 6.54 Å². The molecule has 0 radical (unpaired) electrons. The molecule has 3 aromatic rings. The van der Waals surface area contributed by atoms with E-state index in [4.69, 9.17) is 8.94 Å². The fourth-order valence-corrected chi connectivity index (χ4v) is 2.64. The van der Waals surface area contributed by atoms with Crippen LogP contribution in [0.15, 0.2) is 62.1 Å². The van der Waals surface area contributed by atoms with Crippen molar-refractivity contribution >= 4 is 27.5 Å². The number of para-hydroxylation sites is 1. The molecule has 0 fully saturated rings. The number of furan rings is 1. The van der Waals surface area contributed by atoms with E-state index in [9.17, 15) is 4.79 Å². The number of likely N-dealkylation sites (N-methyl/N-ethyl adjacent to an activating group) is 1. The van der Waals surface area contributed by atoms with Gasteiger partial charge in [-0.05, 0) is 47.2 Å². The summed E-state index contributed by atoms with van der Waals surface area (Å²) in [5.74, 6) is 1.10. The van der Waals surface area contributed by atoms with Crippen molar-refractivity contribution in [3.05, 3.63) is 58.9 Å². The molecule has 1 N–H and O–H groups in total. The first kappa shape index (κ1) is 16.5. The van der Waals surface area contributed by atoms with Gasteiger partial charge < -0.3 is 14.3 Å². The number of nitrogens with one attached hydrogen (secondary N) is 1. The minimum atomic E-state index is -0.0980. The maximum absolute atomic E-state index is 12.1. The van der Waals surface area contributed by atoms with E-state index < -0.39 is 0 Å². The summed E-state index contributed by atoms with van der Waals surface area (Å²) >= 11 is 3.41. The van der Waals surface area contributed by atoms with Crippen LogP contribution < -0.4 is 5.32 Å². The lowest BCUT2D eigenvalue weighted by Gasteiger charge is -2.15. The smallest absolute Gasteiger partial charge is 0.238 e. The second kappa shape index (κ2) is 7.46. The third-order valence-electron chi connectivity index (χ3n) is 3.32. The standard InChI is InChI=1S/C17H16BrN3O3/c1-21(11-17(22)19-14-6-3-2-5-13(14)18)10-12-9-16(24-20-12)15-7-4-8-23-15/h2-9H,10-11H2,1H3,(H,19,22). The lowest BCUT2D eigenvalue weighted by molar-refractivity contribution is -0.117. The molecule has 2 heterocycles. The van der Waals surface area contributed by atoms with Crippen molar-refractivity contribution in [2.75, 3.05) is 18.9 Å². The topological polar surface area (TPSA) is 71.5 Å². The fraction of sp³-hybridized carbons (Fsp3) is 0.176. The first-order chi connectivity index (χ1) is 11.6. The molecule has 0 atom stereocenters. The first-order valence-electron chi connectivity index (χ1n) is 7.34. The Labute approximate surface area is 147 Å². The van der Waals surface area contributed by atoms with Gasteiger partial charge in [0.05, 0.1) is 24.2 Å². The number of nitrogens with zero attached hydrogens (tertiary/aromatic N) is 2. The lowest BCUT2D eigenvalue weighted by Crippen LogP contribution is -2.30. The molecule has 0 unspecified atom stereocenters. The number of halogens is 1. The summed E-state index contributed by atoms with van der Waals surface area (Å²) in [4.78, 5) is 14.0. The van der Waals surface area contributed by atoms with Crippen molar-refractivity contribution in [1.82, 2.24) is 10.1 Å². The Morgan fingerprint density at radius 1 is 1.25 bits per heavy atom. The first-order valence-corrected chi connectivity index (χ1v) is 8.13. The van der Waals surface area contributed by atoms with Crippen LogP contribution in [0.3, 0.4) is 0 Å². The van der Waals surface area contributed by atoms with Gasteiger partial charge in [0.1, 0.15) is 0 Å². The Bertz CT molecular complexity index is 814. The normalized spacial score (nSPS) is 11.0. The van der Waals surface area contributed by atoms with Crippen LogP contribution in [0.4, 0.5) is 5.69 Å². The zero-order valence-electron chi connectivity index (χ0n) is 13.0. The molecular weight excluding hydrogens is 374 g/mol. The number of carbonyl (C=O) groups excluding carboxylic acids is 1. The summed E-state index contributed by atoms with van der Waals surface area (Å²) < 4.78 is 11.4. The van der Waals surface area contributed by atoms with Gasteiger partial charge in [0.2, 0.25) is 11.7 Å². The second-order valence-corrected chi connectivity index (χ2v) is 6.21. The van der Waals surface area contributed by atoms with Crippen LogP contribution in [0.2, 0.25) is 0 Å². The highest BCUT2D eigenvalue weighted by molar-refractivity contribution is 9.10. The predicted octanol–water partition coefficient (Wildman–Crippen LogP) is 3.77. The van der Waals surface area contributed by atoms with Gasteiger partial charge in [-0.25, -0.2) is 0 Å². The molecule has 7 heteroatoms. The van der Waals surface area contributed by atoms with Crippen LogP contribution in [-0.4, -0.2) is 29.6 Å². The monoisotopic (exact) mass is 389 g/mol. The summed E-state index contributed by atoms with van der Waals surface area (Å²) in [7, 11) is 1.85. The number of aromatic nitrogens is 1. The van der Waals surface area contributed by atoms with Gasteiger partial charge in [-0.2, -0.15) is 0 Å². The highest BCUT2D eigenvalue weighted by Crippen LogP contribution is 2.22. The summed E-state index contributed by atoms with van der Waals surface area (Å²) in [6, 6.07) is 12.9. The summed E-state index contributed by atoms with van der Waals surface area (Å²) in [6.07, 6.45) is 1.58. The lowest BCUT2D eigenvalue weighted by atomic mass is 10.3. The Balaban J connectivity index is 1.55. The minimum absolute atomic E-state index is 0.0980. The summed E-state index contributed by atoms with van der Waals surface area (Å²) in [5, 5.41) is 6.87. The highest BCUT2D eigenvalue weighted by Gasteiger charge is 2.13. The zero-order valence-corrected chi connectivity index (χ0v) is 14.6. The highest BCUT2D eigenvalue weighted by atomic mass is 79.9. The van der Waals surface area contributed by atoms with E-state index in [1.165, 1.54) is 0 Å². The van der Waals surface area contributed by atoms with E-state index in [-0.39, 0.29) is 12.5 Å². The number of hydrogen-bond donors (Lipinski definition) is 1. The number of anilines is 1. The Hall–Kier alpha value is -2.38. The second-order valence-electron chi connectivity index (χ2n) is 5.36. The zero-order chi connectivity index (χ0) is 16.9. The van der Waals surface area contributed by atoms with Gasteiger partial charge in [0.25, 0.3) is 0 Å². The maximum Gasteiger partial charge on any atom is 0.238 e. The Morgan fingerprint density at radius 2 is 2.08 bits per heavy atom. The van der Waals surface area contributed by atoms with Crippen molar-refractivity contribution in [3.8, 4) is 11.5 Å². The van der Waals surface area contributed by atoms with Crippen LogP contribution >= 0.6 is 15.9 Å². The molecule has 0 aliphatic rings. The number of amides is 1. The third kappa shape index (κ3) is 4.12. The van der Waals surface area contributed by atoms with Gasteiger partial charge in [0.15, 0.2) is 5.76 Å². The van der Waals surface area contributed by atoms with E-state index >= 15 is 0 Å². The molecule has 2 aromatic heterocycles. The van der Waals surface area contributed by atoms with Crippen molar-refractivity contribution in [1.29, 1.82) is 0 Å². The van der Waals surface area contributed by atoms with E-state index in [0.29, 0.717) is 18.1 Å². The van der Waals surface area contributed by atoms with Crippen molar-refractivity contribution in [3.63, 3.8) is 0 Å². The van der Waals surface area contributed by atoms with E-state index in [0.717, 1.165) is 15.9 Å². The summed E-state index contributed by atoms with van der Waals surface area (Å²) in [5.41, 5.74) is 1.48. The summed E-state index contributed by atoms with van der Waals surface area (Å²) in [6.45, 7) is 0.734. The van der Waals surface area contributed by atoms with Crippen molar-refractivity contribution in [2.24, 2.45) is 0 Å². The van der Waals surface area contributed by atoms with Gasteiger partial charge in [-0.1, -0.05) is 17.3 Å². The minimum Gasteiger partial charge on any atom is -0.461 e. The van der Waals surface area contributed by atoms with E-state index in [1.54, 1.807) is 24.5 Å². The molecule has 0 saturated carbocycles. The molecule has 1 amide bonds. The molecule has 0 aliphatic carbocycles. The molecule has 6 nitrogen and oxygen atoms in total. The molecule has 3 rings (SSSR count). The van der Waals surface area contributed by atoms with E-state index in [1.807, 2.05) is 36.2 Å². The Morgan fingerprint density at radius 3 is 2.83 bits per heavy atom.